The first-order chi connectivity index (χ1) is 8.60. The Balaban J connectivity index is 1.82. The molecule has 0 saturated heterocycles. The topological polar surface area (TPSA) is 21.3 Å². The highest BCUT2D eigenvalue weighted by Gasteiger charge is 2.36. The van der Waals surface area contributed by atoms with E-state index in [0.29, 0.717) is 6.04 Å². The van der Waals surface area contributed by atoms with Gasteiger partial charge in [-0.3, -0.25) is 0 Å². The Kier molecular flexibility index (Phi) is 5.08. The van der Waals surface area contributed by atoms with Gasteiger partial charge in [-0.2, -0.15) is 0 Å². The van der Waals surface area contributed by atoms with Crippen molar-refractivity contribution in [3.8, 4) is 0 Å². The van der Waals surface area contributed by atoms with Crippen LogP contribution in [-0.2, 0) is 4.74 Å². The fourth-order valence-corrected chi connectivity index (χ4v) is 3.19. The van der Waals surface area contributed by atoms with Gasteiger partial charge in [0.05, 0.1) is 5.60 Å². The zero-order valence-electron chi connectivity index (χ0n) is 12.5. The molecule has 106 valence electrons. The fourth-order valence-electron chi connectivity index (χ4n) is 3.19. The smallest absolute Gasteiger partial charge is 0.0808 e. The molecular formula is C16H31NO. The molecule has 0 amide bonds. The monoisotopic (exact) mass is 253 g/mol. The number of hydrogen-bond acceptors (Lipinski definition) is 2. The summed E-state index contributed by atoms with van der Waals surface area (Å²) in [6, 6.07) is 0.561. The zero-order valence-corrected chi connectivity index (χ0v) is 12.5. The summed E-state index contributed by atoms with van der Waals surface area (Å²) in [5, 5.41) is 3.61. The first-order valence-electron chi connectivity index (χ1n) is 7.97. The summed E-state index contributed by atoms with van der Waals surface area (Å²) in [6.07, 6.45) is 9.39. The summed E-state index contributed by atoms with van der Waals surface area (Å²) in [4.78, 5) is 0. The van der Waals surface area contributed by atoms with Crippen LogP contribution in [0.25, 0.3) is 0 Å². The number of nitrogens with one attached hydrogen (secondary N) is 1. The molecule has 2 aliphatic carbocycles. The maximum absolute atomic E-state index is 6.38. The lowest BCUT2D eigenvalue weighted by Crippen LogP contribution is -2.48. The van der Waals surface area contributed by atoms with Crippen molar-refractivity contribution < 1.29 is 4.74 Å². The highest BCUT2D eigenvalue weighted by Crippen LogP contribution is 2.37. The van der Waals surface area contributed by atoms with Gasteiger partial charge in [-0.25, -0.2) is 0 Å². The van der Waals surface area contributed by atoms with E-state index in [1.165, 1.54) is 44.9 Å². The van der Waals surface area contributed by atoms with Crippen LogP contribution in [0.4, 0.5) is 0 Å². The molecular weight excluding hydrogens is 222 g/mol. The van der Waals surface area contributed by atoms with E-state index in [0.717, 1.165) is 25.0 Å². The molecule has 2 unspecified atom stereocenters. The molecule has 2 saturated carbocycles. The molecule has 2 fully saturated rings. The van der Waals surface area contributed by atoms with E-state index < -0.39 is 0 Å². The molecule has 2 heteroatoms. The van der Waals surface area contributed by atoms with E-state index in [9.17, 15) is 0 Å². The minimum atomic E-state index is 0.136. The van der Waals surface area contributed by atoms with Crippen LogP contribution in [0.15, 0.2) is 0 Å². The Hall–Kier alpha value is -0.0800. The largest absolute Gasteiger partial charge is 0.374 e. The van der Waals surface area contributed by atoms with Crippen LogP contribution in [0.2, 0.25) is 0 Å². The second-order valence-corrected chi connectivity index (χ2v) is 7.00. The van der Waals surface area contributed by atoms with Crippen LogP contribution < -0.4 is 5.32 Å². The van der Waals surface area contributed by atoms with Crippen molar-refractivity contribution in [2.45, 2.75) is 77.4 Å². The van der Waals surface area contributed by atoms with Gasteiger partial charge in [0.1, 0.15) is 0 Å². The fraction of sp³-hybridized carbons (Fsp3) is 1.00. The summed E-state index contributed by atoms with van der Waals surface area (Å²) < 4.78 is 6.38. The van der Waals surface area contributed by atoms with Crippen LogP contribution in [0.1, 0.15) is 65.7 Å². The average Bonchev–Trinajstić information content (AvgIpc) is 3.11. The maximum Gasteiger partial charge on any atom is 0.0808 e. The third kappa shape index (κ3) is 4.55. The van der Waals surface area contributed by atoms with Gasteiger partial charge in [-0.1, -0.05) is 46.5 Å². The van der Waals surface area contributed by atoms with Crippen molar-refractivity contribution in [3.05, 3.63) is 0 Å². The molecule has 2 aliphatic rings. The maximum atomic E-state index is 6.38. The van der Waals surface area contributed by atoms with Crippen molar-refractivity contribution in [3.63, 3.8) is 0 Å². The van der Waals surface area contributed by atoms with Gasteiger partial charge in [0.25, 0.3) is 0 Å². The predicted molar refractivity (Wildman–Crippen MR) is 76.8 cm³/mol. The highest BCUT2D eigenvalue weighted by atomic mass is 16.5. The first-order valence-corrected chi connectivity index (χ1v) is 7.97. The van der Waals surface area contributed by atoms with E-state index in [-0.39, 0.29) is 5.60 Å². The van der Waals surface area contributed by atoms with E-state index in [2.05, 4.69) is 26.1 Å². The summed E-state index contributed by atoms with van der Waals surface area (Å²) >= 11 is 0. The van der Waals surface area contributed by atoms with Crippen LogP contribution in [0, 0.1) is 11.8 Å². The molecule has 0 radical (unpaired) electrons. The second kappa shape index (κ2) is 6.38. The van der Waals surface area contributed by atoms with Gasteiger partial charge in [0.15, 0.2) is 0 Å². The molecule has 2 nitrogen and oxygen atoms in total. The van der Waals surface area contributed by atoms with Crippen molar-refractivity contribution in [2.24, 2.45) is 11.8 Å². The second-order valence-electron chi connectivity index (χ2n) is 7.00. The Bertz CT molecular complexity index is 249. The van der Waals surface area contributed by atoms with Gasteiger partial charge in [0, 0.05) is 19.2 Å². The third-order valence-corrected chi connectivity index (χ3v) is 4.51. The first kappa shape index (κ1) is 14.3. The van der Waals surface area contributed by atoms with Gasteiger partial charge in [-0.15, -0.1) is 0 Å². The van der Waals surface area contributed by atoms with Crippen molar-refractivity contribution in [1.82, 2.24) is 5.32 Å². The molecule has 0 aromatic rings. The summed E-state index contributed by atoms with van der Waals surface area (Å²) in [5.41, 5.74) is 0.136. The molecule has 18 heavy (non-hydrogen) atoms. The van der Waals surface area contributed by atoms with Crippen molar-refractivity contribution >= 4 is 0 Å². The Morgan fingerprint density at radius 2 is 2.06 bits per heavy atom. The van der Waals surface area contributed by atoms with E-state index in [1.807, 2.05) is 0 Å². The van der Waals surface area contributed by atoms with E-state index in [1.54, 1.807) is 0 Å². The Morgan fingerprint density at radius 1 is 1.28 bits per heavy atom. The van der Waals surface area contributed by atoms with Crippen LogP contribution in [0.3, 0.4) is 0 Å². The molecule has 2 atom stereocenters. The quantitative estimate of drug-likeness (QED) is 0.746. The van der Waals surface area contributed by atoms with Crippen molar-refractivity contribution in [1.29, 1.82) is 0 Å². The van der Waals surface area contributed by atoms with Gasteiger partial charge in [-0.05, 0) is 31.1 Å². The van der Waals surface area contributed by atoms with Gasteiger partial charge in [0.2, 0.25) is 0 Å². The molecule has 0 aromatic heterocycles. The predicted octanol–water partition coefficient (Wildman–Crippen LogP) is 3.75. The van der Waals surface area contributed by atoms with Crippen molar-refractivity contribution in [2.75, 3.05) is 13.2 Å². The van der Waals surface area contributed by atoms with Gasteiger partial charge >= 0.3 is 0 Å². The number of ether oxygens (including phenoxy) is 1. The highest BCUT2D eigenvalue weighted by molar-refractivity contribution is 4.90. The minimum absolute atomic E-state index is 0.136. The Morgan fingerprint density at radius 3 is 2.67 bits per heavy atom. The zero-order chi connectivity index (χ0) is 13.0. The van der Waals surface area contributed by atoms with Gasteiger partial charge < -0.3 is 10.1 Å². The number of hydrogen-bond donors (Lipinski definition) is 1. The lowest BCUT2D eigenvalue weighted by atomic mass is 9.78. The van der Waals surface area contributed by atoms with Crippen LogP contribution in [-0.4, -0.2) is 24.8 Å². The SMILES string of the molecule is CC1CCCC(CNC(C)C)(OCCC2CC2)C1. The molecule has 0 bridgehead atoms. The molecule has 0 spiro atoms. The lowest BCUT2D eigenvalue weighted by Gasteiger charge is -2.41. The standard InChI is InChI=1S/C16H31NO/c1-13(2)17-12-16(9-4-5-14(3)11-16)18-10-8-15-6-7-15/h13-15,17H,4-12H2,1-3H3. The Labute approximate surface area is 113 Å². The van der Waals surface area contributed by atoms with E-state index in [4.69, 9.17) is 4.74 Å². The van der Waals surface area contributed by atoms with Crippen LogP contribution >= 0.6 is 0 Å². The molecule has 0 aliphatic heterocycles. The average molecular weight is 253 g/mol. The number of rotatable bonds is 7. The molecule has 1 N–H and O–H groups in total. The third-order valence-electron chi connectivity index (χ3n) is 4.51. The van der Waals surface area contributed by atoms with E-state index >= 15 is 0 Å². The molecule has 0 heterocycles. The summed E-state index contributed by atoms with van der Waals surface area (Å²) in [5.74, 6) is 1.81. The normalized spacial score (nSPS) is 33.0. The lowest BCUT2D eigenvalue weighted by molar-refractivity contribution is -0.0819. The minimum Gasteiger partial charge on any atom is -0.374 e. The molecule has 0 aromatic carbocycles. The summed E-state index contributed by atoms with van der Waals surface area (Å²) in [7, 11) is 0. The molecule has 2 rings (SSSR count). The summed E-state index contributed by atoms with van der Waals surface area (Å²) in [6.45, 7) is 8.86. The van der Waals surface area contributed by atoms with Crippen LogP contribution in [0.5, 0.6) is 0 Å².